The lowest BCUT2D eigenvalue weighted by atomic mass is 9.91. The van der Waals surface area contributed by atoms with Gasteiger partial charge in [0.2, 0.25) is 0 Å². The van der Waals surface area contributed by atoms with Gasteiger partial charge in [-0.25, -0.2) is 4.98 Å². The minimum atomic E-state index is 0. The molecule has 2 aliphatic rings. The van der Waals surface area contributed by atoms with Gasteiger partial charge in [-0.1, -0.05) is 24.6 Å². The fraction of sp³-hybridized carbons (Fsp3) is 0.556. The van der Waals surface area contributed by atoms with Crippen molar-refractivity contribution in [2.45, 2.75) is 76.5 Å². The number of aryl methyl sites for hydroxylation is 2. The second-order valence-electron chi connectivity index (χ2n) is 9.81. The van der Waals surface area contributed by atoms with Crippen LogP contribution in [0.2, 0.25) is 0 Å². The van der Waals surface area contributed by atoms with Gasteiger partial charge in [0.15, 0.2) is 0 Å². The molecule has 5 nitrogen and oxygen atoms in total. The standard InChI is InChI=1S/C27H37N5.H2/c1-30-18-6-5-12-22(30)13-9-19-32-24-15-4-3-14-23(24)29-26(32)20-31(2)25-16-7-10-21-11-8-17-28-27(21)25;/h3-4,8,11,14-15,17,22,25H,5-7,9-10,12-13,16,18-20H2,1-2H3;1H. The predicted molar refractivity (Wildman–Crippen MR) is 133 cm³/mol. The highest BCUT2D eigenvalue weighted by Crippen LogP contribution is 2.33. The maximum Gasteiger partial charge on any atom is 0.124 e. The molecule has 2 aromatic heterocycles. The van der Waals surface area contributed by atoms with Gasteiger partial charge in [-0.05, 0) is 89.3 Å². The first kappa shape index (κ1) is 21.6. The first-order valence-electron chi connectivity index (χ1n) is 12.5. The summed E-state index contributed by atoms with van der Waals surface area (Å²) in [5, 5.41) is 0. The van der Waals surface area contributed by atoms with Crippen LogP contribution in [0, 0.1) is 0 Å². The smallest absolute Gasteiger partial charge is 0.124 e. The van der Waals surface area contributed by atoms with E-state index in [0.717, 1.165) is 31.1 Å². The van der Waals surface area contributed by atoms with Crippen molar-refractivity contribution in [1.29, 1.82) is 0 Å². The number of rotatable bonds is 7. The van der Waals surface area contributed by atoms with Gasteiger partial charge in [-0.2, -0.15) is 0 Å². The van der Waals surface area contributed by atoms with E-state index in [-0.39, 0.29) is 1.43 Å². The molecule has 0 amide bonds. The zero-order chi connectivity index (χ0) is 21.9. The lowest BCUT2D eigenvalue weighted by Gasteiger charge is -2.33. The van der Waals surface area contributed by atoms with Gasteiger partial charge < -0.3 is 9.47 Å². The average Bonchev–Trinajstić information content (AvgIpc) is 3.17. The van der Waals surface area contributed by atoms with Crippen molar-refractivity contribution < 1.29 is 1.43 Å². The highest BCUT2D eigenvalue weighted by Gasteiger charge is 2.26. The van der Waals surface area contributed by atoms with Crippen LogP contribution in [0.4, 0.5) is 0 Å². The van der Waals surface area contributed by atoms with Crippen LogP contribution >= 0.6 is 0 Å². The second kappa shape index (κ2) is 9.72. The Kier molecular flexibility index (Phi) is 6.56. The lowest BCUT2D eigenvalue weighted by molar-refractivity contribution is 0.171. The third-order valence-electron chi connectivity index (χ3n) is 7.66. The molecule has 2 atom stereocenters. The largest absolute Gasteiger partial charge is 0.327 e. The highest BCUT2D eigenvalue weighted by molar-refractivity contribution is 5.75. The molecule has 0 saturated carbocycles. The van der Waals surface area contributed by atoms with E-state index < -0.39 is 0 Å². The van der Waals surface area contributed by atoms with Crippen LogP contribution in [0.25, 0.3) is 11.0 Å². The van der Waals surface area contributed by atoms with Crippen LogP contribution < -0.4 is 0 Å². The SMILES string of the molecule is CN1CCCCC1CCCn1c(CN(C)C2CCCc3cccnc32)nc2ccccc21.[HH]. The summed E-state index contributed by atoms with van der Waals surface area (Å²) < 4.78 is 2.48. The summed E-state index contributed by atoms with van der Waals surface area (Å²) in [7, 11) is 4.54. The molecule has 1 fully saturated rings. The number of para-hydroxylation sites is 2. The fourth-order valence-electron chi connectivity index (χ4n) is 5.84. The van der Waals surface area contributed by atoms with E-state index in [9.17, 15) is 0 Å². The number of fused-ring (bicyclic) bond motifs is 2. The van der Waals surface area contributed by atoms with Crippen LogP contribution in [-0.2, 0) is 19.5 Å². The Balaban J connectivity index is 0.00000259. The molecular weight excluding hydrogens is 394 g/mol. The van der Waals surface area contributed by atoms with Crippen molar-refractivity contribution in [3.8, 4) is 0 Å². The fourth-order valence-corrected chi connectivity index (χ4v) is 5.84. The van der Waals surface area contributed by atoms with E-state index in [4.69, 9.17) is 9.97 Å². The summed E-state index contributed by atoms with van der Waals surface area (Å²) in [5.74, 6) is 1.19. The van der Waals surface area contributed by atoms with Crippen molar-refractivity contribution in [2.24, 2.45) is 0 Å². The van der Waals surface area contributed by atoms with Gasteiger partial charge in [-0.15, -0.1) is 0 Å². The Hall–Kier alpha value is -2.24. The molecule has 5 heteroatoms. The van der Waals surface area contributed by atoms with Crippen LogP contribution in [-0.4, -0.2) is 51.0 Å². The molecule has 0 spiro atoms. The zero-order valence-corrected chi connectivity index (χ0v) is 19.7. The van der Waals surface area contributed by atoms with E-state index >= 15 is 0 Å². The van der Waals surface area contributed by atoms with E-state index in [1.54, 1.807) is 0 Å². The van der Waals surface area contributed by atoms with Gasteiger partial charge >= 0.3 is 0 Å². The first-order valence-corrected chi connectivity index (χ1v) is 12.5. The normalized spacial score (nSPS) is 21.8. The Morgan fingerprint density at radius 1 is 1.09 bits per heavy atom. The molecular formula is C27H39N5. The summed E-state index contributed by atoms with van der Waals surface area (Å²) in [4.78, 5) is 14.9. The van der Waals surface area contributed by atoms with Crippen LogP contribution in [0.1, 0.15) is 69.5 Å². The number of piperidine rings is 1. The van der Waals surface area contributed by atoms with E-state index in [1.807, 2.05) is 6.20 Å². The molecule has 2 unspecified atom stereocenters. The van der Waals surface area contributed by atoms with Gasteiger partial charge in [0, 0.05) is 20.2 Å². The molecule has 3 aromatic rings. The maximum atomic E-state index is 5.07. The minimum absolute atomic E-state index is 0. The van der Waals surface area contributed by atoms with Crippen molar-refractivity contribution in [2.75, 3.05) is 20.6 Å². The Morgan fingerprint density at radius 3 is 2.91 bits per heavy atom. The number of imidazole rings is 1. The molecule has 172 valence electrons. The third-order valence-corrected chi connectivity index (χ3v) is 7.66. The van der Waals surface area contributed by atoms with Gasteiger partial charge in [0.25, 0.3) is 0 Å². The monoisotopic (exact) mass is 433 g/mol. The number of hydrogen-bond acceptors (Lipinski definition) is 4. The molecule has 0 radical (unpaired) electrons. The number of nitrogens with zero attached hydrogens (tertiary/aromatic N) is 5. The van der Waals surface area contributed by atoms with Gasteiger partial charge in [0.05, 0.1) is 29.3 Å². The third kappa shape index (κ3) is 4.46. The van der Waals surface area contributed by atoms with E-state index in [2.05, 4.69) is 64.9 Å². The lowest BCUT2D eigenvalue weighted by Crippen LogP contribution is -2.36. The number of pyridine rings is 1. The summed E-state index contributed by atoms with van der Waals surface area (Å²) >= 11 is 0. The molecule has 1 aliphatic carbocycles. The second-order valence-corrected chi connectivity index (χ2v) is 9.81. The minimum Gasteiger partial charge on any atom is -0.327 e. The Bertz CT molecular complexity index is 1050. The zero-order valence-electron chi connectivity index (χ0n) is 19.7. The molecule has 1 saturated heterocycles. The van der Waals surface area contributed by atoms with Crippen LogP contribution in [0.15, 0.2) is 42.6 Å². The summed E-state index contributed by atoms with van der Waals surface area (Å²) in [5.41, 5.74) is 5.08. The average molecular weight is 434 g/mol. The van der Waals surface area contributed by atoms with Gasteiger partial charge in [0.1, 0.15) is 5.82 Å². The Labute approximate surface area is 193 Å². The highest BCUT2D eigenvalue weighted by atomic mass is 15.2. The molecule has 0 N–H and O–H groups in total. The van der Waals surface area contributed by atoms with E-state index in [1.165, 1.54) is 74.1 Å². The first-order chi connectivity index (χ1) is 15.7. The number of aromatic nitrogens is 3. The number of hydrogen-bond donors (Lipinski definition) is 0. The predicted octanol–water partition coefficient (Wildman–Crippen LogP) is 5.45. The molecule has 0 bridgehead atoms. The number of likely N-dealkylation sites (tertiary alicyclic amines) is 1. The summed E-state index contributed by atoms with van der Waals surface area (Å²) in [6.45, 7) is 3.16. The molecule has 1 aliphatic heterocycles. The molecule has 32 heavy (non-hydrogen) atoms. The van der Waals surface area contributed by atoms with Crippen molar-refractivity contribution in [3.63, 3.8) is 0 Å². The van der Waals surface area contributed by atoms with Crippen molar-refractivity contribution >= 4 is 11.0 Å². The van der Waals surface area contributed by atoms with E-state index in [0.29, 0.717) is 6.04 Å². The molecule has 5 rings (SSSR count). The molecule has 3 heterocycles. The van der Waals surface area contributed by atoms with Crippen LogP contribution in [0.5, 0.6) is 0 Å². The van der Waals surface area contributed by atoms with Crippen molar-refractivity contribution in [1.82, 2.24) is 24.3 Å². The summed E-state index contributed by atoms with van der Waals surface area (Å²) in [6, 6.07) is 14.1. The number of benzene rings is 1. The summed E-state index contributed by atoms with van der Waals surface area (Å²) in [6.07, 6.45) is 12.1. The van der Waals surface area contributed by atoms with Gasteiger partial charge in [-0.3, -0.25) is 9.88 Å². The molecule has 1 aromatic carbocycles. The quantitative estimate of drug-likeness (QED) is 0.496. The Morgan fingerprint density at radius 2 is 2.00 bits per heavy atom. The van der Waals surface area contributed by atoms with Crippen LogP contribution in [0.3, 0.4) is 0 Å². The topological polar surface area (TPSA) is 37.2 Å². The maximum absolute atomic E-state index is 5.07. The van der Waals surface area contributed by atoms with Crippen molar-refractivity contribution in [3.05, 3.63) is 59.7 Å².